The van der Waals surface area contributed by atoms with Gasteiger partial charge in [0.15, 0.2) is 0 Å². The van der Waals surface area contributed by atoms with E-state index in [1.54, 1.807) is 24.3 Å². The maximum absolute atomic E-state index is 13.8. The third kappa shape index (κ3) is 6.93. The number of hydrogen-bond acceptors (Lipinski definition) is 4. The molecule has 0 saturated carbocycles. The van der Waals surface area contributed by atoms with Crippen LogP contribution in [0.2, 0.25) is 0 Å². The third-order valence-electron chi connectivity index (χ3n) is 9.90. The molecule has 0 bridgehead atoms. The fourth-order valence-electron chi connectivity index (χ4n) is 7.36. The molecule has 0 amide bonds. The molecule has 0 radical (unpaired) electrons. The maximum atomic E-state index is 13.8. The molecule has 0 spiro atoms. The van der Waals surface area contributed by atoms with Crippen LogP contribution in [0, 0.1) is 45.3 Å². The third-order valence-corrected chi connectivity index (χ3v) is 9.90. The molecule has 16 heteroatoms. The first kappa shape index (κ1) is 39.9. The number of hydrogen-bond donors (Lipinski definition) is 0. The Morgan fingerprint density at radius 2 is 0.881 bits per heavy atom. The molecule has 4 aromatic rings. The number of allylic oxidation sites excluding steroid dienone is 9. The van der Waals surface area contributed by atoms with Crippen molar-refractivity contribution in [2.24, 2.45) is 0 Å². The highest BCUT2D eigenvalue weighted by Crippen LogP contribution is 2.54. The first-order valence-corrected chi connectivity index (χ1v) is 16.7. The standard InChI is InChI=1S/C43H16F12N4/c44-40(45,46)26-6-22(7-27(12-26)41(47,48)49)20-2-1-3-30-32-14-37-33(15-36(32)38(34(30)10-20)24(16-56)17-57)31-5-4-21(11-35(31)39(37)25(18-58)19-59)23-8-28(42(50,51)52)13-29(9-23)43(53,54)55/h1-2,4-15H,3H2. The molecular weight excluding hydrogens is 800 g/mol. The van der Waals surface area contributed by atoms with E-state index in [0.717, 1.165) is 0 Å². The van der Waals surface area contributed by atoms with E-state index in [4.69, 9.17) is 0 Å². The second-order valence-electron chi connectivity index (χ2n) is 13.3. The number of rotatable bonds is 2. The van der Waals surface area contributed by atoms with Crippen LogP contribution in [-0.4, -0.2) is 0 Å². The Bertz CT molecular complexity index is 2790. The van der Waals surface area contributed by atoms with E-state index in [1.807, 2.05) is 0 Å². The van der Waals surface area contributed by atoms with Crippen molar-refractivity contribution < 1.29 is 52.7 Å². The van der Waals surface area contributed by atoms with Crippen molar-refractivity contribution in [2.75, 3.05) is 0 Å². The molecule has 0 aromatic heterocycles. The average molecular weight is 817 g/mol. The zero-order valence-electron chi connectivity index (χ0n) is 29.1. The fraction of sp³-hybridized carbons (Fsp3) is 0.116. The number of nitrogens with zero attached hydrogens (tertiary/aromatic N) is 4. The Balaban J connectivity index is 1.46. The molecule has 3 aliphatic rings. The van der Waals surface area contributed by atoms with Gasteiger partial charge in [0.05, 0.1) is 22.3 Å². The van der Waals surface area contributed by atoms with Crippen molar-refractivity contribution in [1.82, 2.24) is 0 Å². The predicted molar refractivity (Wildman–Crippen MR) is 188 cm³/mol. The van der Waals surface area contributed by atoms with Crippen molar-refractivity contribution in [3.63, 3.8) is 0 Å². The van der Waals surface area contributed by atoms with Gasteiger partial charge in [-0.15, -0.1) is 0 Å². The Morgan fingerprint density at radius 3 is 1.37 bits per heavy atom. The number of alkyl halides is 12. The van der Waals surface area contributed by atoms with Crippen molar-refractivity contribution in [3.05, 3.63) is 152 Å². The highest BCUT2D eigenvalue weighted by atomic mass is 19.4. The zero-order valence-corrected chi connectivity index (χ0v) is 29.1. The molecular formula is C43H16F12N4. The molecule has 7 rings (SSSR count). The molecule has 292 valence electrons. The SMILES string of the molecule is N#CC(C#N)=C1C2=C(CC=CC(c3cc(C(F)(F)F)cc(C(F)(F)F)c3)=C2)c2cc3c(cc21)-c1ccc(-c2cc(C(F)(F)F)cc(C(F)(F)F)c2)cc1C3=C(C#N)C#N. The lowest BCUT2D eigenvalue weighted by Crippen LogP contribution is -2.11. The summed E-state index contributed by atoms with van der Waals surface area (Å²) in [5.41, 5.74) is -6.82. The number of fused-ring (bicyclic) bond motifs is 5. The molecule has 0 N–H and O–H groups in total. The summed E-state index contributed by atoms with van der Waals surface area (Å²) in [4.78, 5) is 0. The van der Waals surface area contributed by atoms with Crippen LogP contribution in [0.5, 0.6) is 0 Å². The van der Waals surface area contributed by atoms with E-state index < -0.39 is 69.2 Å². The average Bonchev–Trinajstić information content (AvgIpc) is 3.52. The number of benzene rings is 4. The quantitative estimate of drug-likeness (QED) is 0.131. The summed E-state index contributed by atoms with van der Waals surface area (Å²) >= 11 is 0. The van der Waals surface area contributed by atoms with Gasteiger partial charge in [-0.05, 0) is 134 Å². The Labute approximate surface area is 325 Å². The normalized spacial score (nSPS) is 14.5. The topological polar surface area (TPSA) is 95.2 Å². The monoisotopic (exact) mass is 816 g/mol. The van der Waals surface area contributed by atoms with E-state index in [1.165, 1.54) is 48.6 Å². The van der Waals surface area contributed by atoms with Crippen LogP contribution < -0.4 is 0 Å². The minimum absolute atomic E-state index is 0.0288. The minimum Gasteiger partial charge on any atom is -0.192 e. The maximum Gasteiger partial charge on any atom is 0.416 e. The highest BCUT2D eigenvalue weighted by Gasteiger charge is 2.40. The largest absolute Gasteiger partial charge is 0.416 e. The molecule has 4 aromatic carbocycles. The predicted octanol–water partition coefficient (Wildman–Crippen LogP) is 12.9. The fourth-order valence-corrected chi connectivity index (χ4v) is 7.36. The molecule has 3 aliphatic carbocycles. The lowest BCUT2D eigenvalue weighted by atomic mass is 9.91. The van der Waals surface area contributed by atoms with Crippen LogP contribution in [-0.2, 0) is 24.7 Å². The summed E-state index contributed by atoms with van der Waals surface area (Å²) in [6, 6.07) is 15.9. The van der Waals surface area contributed by atoms with Crippen LogP contribution in [0.3, 0.4) is 0 Å². The van der Waals surface area contributed by atoms with Gasteiger partial charge >= 0.3 is 24.7 Å². The molecule has 0 unspecified atom stereocenters. The van der Waals surface area contributed by atoms with Gasteiger partial charge in [0.1, 0.15) is 35.4 Å². The van der Waals surface area contributed by atoms with E-state index >= 15 is 0 Å². The molecule has 0 heterocycles. The Morgan fingerprint density at radius 1 is 0.441 bits per heavy atom. The molecule has 59 heavy (non-hydrogen) atoms. The smallest absolute Gasteiger partial charge is 0.192 e. The summed E-state index contributed by atoms with van der Waals surface area (Å²) in [6.07, 6.45) is -16.7. The lowest BCUT2D eigenvalue weighted by molar-refractivity contribution is -0.144. The molecule has 0 atom stereocenters. The van der Waals surface area contributed by atoms with Gasteiger partial charge < -0.3 is 0 Å². The number of nitriles is 4. The van der Waals surface area contributed by atoms with Gasteiger partial charge in [0.2, 0.25) is 0 Å². The van der Waals surface area contributed by atoms with Crippen molar-refractivity contribution in [2.45, 2.75) is 31.1 Å². The van der Waals surface area contributed by atoms with Gasteiger partial charge in [-0.1, -0.05) is 24.3 Å². The second-order valence-corrected chi connectivity index (χ2v) is 13.3. The second kappa shape index (κ2) is 13.7. The summed E-state index contributed by atoms with van der Waals surface area (Å²) in [7, 11) is 0. The van der Waals surface area contributed by atoms with Crippen molar-refractivity contribution in [1.29, 1.82) is 21.0 Å². The molecule has 0 fully saturated rings. The first-order chi connectivity index (χ1) is 27.6. The van der Waals surface area contributed by atoms with Crippen LogP contribution in [0.25, 0.3) is 44.5 Å². The molecule has 0 saturated heterocycles. The van der Waals surface area contributed by atoms with Crippen molar-refractivity contribution >= 4 is 22.3 Å². The van der Waals surface area contributed by atoms with Gasteiger partial charge in [-0.25, -0.2) is 0 Å². The van der Waals surface area contributed by atoms with E-state index in [9.17, 15) is 73.7 Å². The van der Waals surface area contributed by atoms with Crippen LogP contribution in [0.4, 0.5) is 52.7 Å². The van der Waals surface area contributed by atoms with E-state index in [-0.39, 0.29) is 74.2 Å². The van der Waals surface area contributed by atoms with Crippen LogP contribution in [0.1, 0.15) is 56.5 Å². The van der Waals surface area contributed by atoms with Crippen LogP contribution >= 0.6 is 0 Å². The van der Waals surface area contributed by atoms with E-state index in [2.05, 4.69) is 0 Å². The van der Waals surface area contributed by atoms with Gasteiger partial charge in [0, 0.05) is 11.1 Å². The number of halogens is 12. The Hall–Kier alpha value is -7.30. The minimum atomic E-state index is -5.16. The summed E-state index contributed by atoms with van der Waals surface area (Å²) in [5, 5.41) is 40.2. The summed E-state index contributed by atoms with van der Waals surface area (Å²) in [5.74, 6) is 0. The van der Waals surface area contributed by atoms with Gasteiger partial charge in [-0.2, -0.15) is 73.7 Å². The summed E-state index contributed by atoms with van der Waals surface area (Å²) < 4.78 is 165. The molecule has 0 aliphatic heterocycles. The zero-order chi connectivity index (χ0) is 43.0. The highest BCUT2D eigenvalue weighted by molar-refractivity contribution is 6.12. The Kier molecular flexibility index (Phi) is 9.25. The molecule has 4 nitrogen and oxygen atoms in total. The van der Waals surface area contributed by atoms with Crippen molar-refractivity contribution in [3.8, 4) is 46.5 Å². The lowest BCUT2D eigenvalue weighted by Gasteiger charge is -2.15. The van der Waals surface area contributed by atoms with Gasteiger partial charge in [0.25, 0.3) is 0 Å². The van der Waals surface area contributed by atoms with Crippen LogP contribution in [0.15, 0.2) is 102 Å². The van der Waals surface area contributed by atoms with Gasteiger partial charge in [-0.3, -0.25) is 0 Å². The van der Waals surface area contributed by atoms with E-state index in [0.29, 0.717) is 35.4 Å². The summed E-state index contributed by atoms with van der Waals surface area (Å²) in [6.45, 7) is 0. The first-order valence-electron chi connectivity index (χ1n) is 16.7.